The molecule has 3 unspecified atom stereocenters. The van der Waals surface area contributed by atoms with Gasteiger partial charge in [-0.2, -0.15) is 11.8 Å². The third kappa shape index (κ3) is 3.78. The Bertz CT molecular complexity index is 208. The Labute approximate surface area is 95.3 Å². The molecule has 2 N–H and O–H groups in total. The number of carbonyl (C=O) groups is 1. The topological polar surface area (TPSA) is 57.5 Å². The van der Waals surface area contributed by atoms with Gasteiger partial charge < -0.3 is 10.2 Å². The molecular formula is C11H20O3S. The lowest BCUT2D eigenvalue weighted by atomic mass is 9.99. The van der Waals surface area contributed by atoms with Crippen LogP contribution in [-0.2, 0) is 4.79 Å². The van der Waals surface area contributed by atoms with Crippen molar-refractivity contribution in [3.05, 3.63) is 0 Å². The van der Waals surface area contributed by atoms with E-state index in [0.29, 0.717) is 12.2 Å². The summed E-state index contributed by atoms with van der Waals surface area (Å²) in [6, 6.07) is 0. The van der Waals surface area contributed by atoms with Crippen LogP contribution in [0.1, 0.15) is 26.2 Å². The summed E-state index contributed by atoms with van der Waals surface area (Å²) in [4.78, 5) is 11.5. The third-order valence-corrected chi connectivity index (χ3v) is 4.27. The fraction of sp³-hybridized carbons (Fsp3) is 0.909. The van der Waals surface area contributed by atoms with Crippen molar-refractivity contribution in [2.24, 2.45) is 11.8 Å². The Kier molecular flexibility index (Phi) is 5.64. The molecule has 1 aliphatic rings. The van der Waals surface area contributed by atoms with E-state index in [1.165, 1.54) is 0 Å². The van der Waals surface area contributed by atoms with E-state index in [0.717, 1.165) is 18.6 Å². The van der Waals surface area contributed by atoms with Gasteiger partial charge in [-0.1, -0.05) is 6.92 Å². The second-order valence-corrected chi connectivity index (χ2v) is 5.23. The number of hydrogen-bond donors (Lipinski definition) is 2. The molecule has 88 valence electrons. The molecule has 0 aromatic carbocycles. The molecule has 0 spiro atoms. The Hall–Kier alpha value is -0.0600. The Balaban J connectivity index is 2.27. The number of Topliss-reactive ketones (excluding diaryl/α,β-unsaturated/α-hetero) is 1. The van der Waals surface area contributed by atoms with Gasteiger partial charge in [-0.3, -0.25) is 4.79 Å². The molecule has 1 fully saturated rings. The Morgan fingerprint density at radius 3 is 2.93 bits per heavy atom. The molecule has 0 saturated heterocycles. The normalized spacial score (nSPS) is 28.3. The Morgan fingerprint density at radius 1 is 1.60 bits per heavy atom. The van der Waals surface area contributed by atoms with Gasteiger partial charge in [0.05, 0.1) is 6.10 Å². The predicted octanol–water partition coefficient (Wildman–Crippen LogP) is 1.08. The summed E-state index contributed by atoms with van der Waals surface area (Å²) in [6.45, 7) is 2.07. The van der Waals surface area contributed by atoms with Gasteiger partial charge in [-0.15, -0.1) is 0 Å². The lowest BCUT2D eigenvalue weighted by Crippen LogP contribution is -2.21. The molecule has 15 heavy (non-hydrogen) atoms. The molecule has 3 atom stereocenters. The van der Waals surface area contributed by atoms with Gasteiger partial charge >= 0.3 is 0 Å². The second kappa shape index (κ2) is 6.51. The molecule has 4 heteroatoms. The van der Waals surface area contributed by atoms with Crippen LogP contribution in [0, 0.1) is 11.8 Å². The van der Waals surface area contributed by atoms with Crippen LogP contribution >= 0.6 is 11.8 Å². The largest absolute Gasteiger partial charge is 0.396 e. The molecule has 1 rings (SSSR count). The predicted molar refractivity (Wildman–Crippen MR) is 61.9 cm³/mol. The SMILES string of the molecule is CCC(O)CSCC1C(=O)CCC1CO. The minimum absolute atomic E-state index is 0.0176. The molecule has 0 aromatic heterocycles. The van der Waals surface area contributed by atoms with Crippen molar-refractivity contribution in [1.82, 2.24) is 0 Å². The highest BCUT2D eigenvalue weighted by Crippen LogP contribution is 2.31. The summed E-state index contributed by atoms with van der Waals surface area (Å²) in [6.07, 6.45) is 1.94. The molecule has 0 aliphatic heterocycles. The van der Waals surface area contributed by atoms with Crippen LogP contribution in [0.2, 0.25) is 0 Å². The molecule has 0 aromatic rings. The molecule has 1 aliphatic carbocycles. The number of rotatable bonds is 6. The minimum atomic E-state index is -0.265. The maximum atomic E-state index is 11.5. The van der Waals surface area contributed by atoms with Crippen molar-refractivity contribution < 1.29 is 15.0 Å². The smallest absolute Gasteiger partial charge is 0.137 e. The van der Waals surface area contributed by atoms with Gasteiger partial charge in [0.2, 0.25) is 0 Å². The van der Waals surface area contributed by atoms with Gasteiger partial charge in [0.1, 0.15) is 5.78 Å². The maximum Gasteiger partial charge on any atom is 0.137 e. The lowest BCUT2D eigenvalue weighted by Gasteiger charge is -2.16. The molecule has 0 bridgehead atoms. The maximum absolute atomic E-state index is 11.5. The van der Waals surface area contributed by atoms with Crippen molar-refractivity contribution in [3.8, 4) is 0 Å². The second-order valence-electron chi connectivity index (χ2n) is 4.15. The number of aliphatic hydroxyl groups is 2. The van der Waals surface area contributed by atoms with Crippen molar-refractivity contribution in [3.63, 3.8) is 0 Å². The average molecular weight is 232 g/mol. The first kappa shape index (κ1) is 13.0. The monoisotopic (exact) mass is 232 g/mol. The van der Waals surface area contributed by atoms with Crippen molar-refractivity contribution in [2.45, 2.75) is 32.3 Å². The zero-order valence-electron chi connectivity index (χ0n) is 9.19. The number of carbonyl (C=O) groups excluding carboxylic acids is 1. The van der Waals surface area contributed by atoms with Crippen molar-refractivity contribution >= 4 is 17.5 Å². The fourth-order valence-electron chi connectivity index (χ4n) is 1.87. The van der Waals surface area contributed by atoms with E-state index in [-0.39, 0.29) is 30.3 Å². The summed E-state index contributed by atoms with van der Waals surface area (Å²) in [5.41, 5.74) is 0. The fourth-order valence-corrected chi connectivity index (χ4v) is 3.23. The average Bonchev–Trinajstić information content (AvgIpc) is 2.60. The van der Waals surface area contributed by atoms with E-state index in [1.54, 1.807) is 11.8 Å². The quantitative estimate of drug-likeness (QED) is 0.719. The summed E-state index contributed by atoms with van der Waals surface area (Å²) < 4.78 is 0. The van der Waals surface area contributed by atoms with Crippen molar-refractivity contribution in [2.75, 3.05) is 18.1 Å². The van der Waals surface area contributed by atoms with Crippen LogP contribution in [-0.4, -0.2) is 40.2 Å². The number of aliphatic hydroxyl groups excluding tert-OH is 2. The Morgan fingerprint density at radius 2 is 2.33 bits per heavy atom. The third-order valence-electron chi connectivity index (χ3n) is 3.06. The van der Waals surface area contributed by atoms with E-state index in [1.807, 2.05) is 6.92 Å². The van der Waals surface area contributed by atoms with Crippen LogP contribution in [0.4, 0.5) is 0 Å². The first-order valence-electron chi connectivity index (χ1n) is 5.58. The lowest BCUT2D eigenvalue weighted by molar-refractivity contribution is -0.120. The van der Waals surface area contributed by atoms with Crippen LogP contribution in [0.25, 0.3) is 0 Å². The highest BCUT2D eigenvalue weighted by molar-refractivity contribution is 7.99. The standard InChI is InChI=1S/C11H20O3S/c1-2-9(13)6-15-7-10-8(5-12)3-4-11(10)14/h8-10,12-13H,2-7H2,1H3. The molecule has 3 nitrogen and oxygen atoms in total. The number of hydrogen-bond acceptors (Lipinski definition) is 4. The molecule has 0 radical (unpaired) electrons. The van der Waals surface area contributed by atoms with Crippen LogP contribution < -0.4 is 0 Å². The van der Waals surface area contributed by atoms with Crippen LogP contribution in [0.3, 0.4) is 0 Å². The molecular weight excluding hydrogens is 212 g/mol. The highest BCUT2D eigenvalue weighted by atomic mass is 32.2. The zero-order chi connectivity index (χ0) is 11.3. The van der Waals surface area contributed by atoms with Gasteiger partial charge in [0.15, 0.2) is 0 Å². The number of ketones is 1. The molecule has 1 saturated carbocycles. The van der Waals surface area contributed by atoms with E-state index in [4.69, 9.17) is 5.11 Å². The molecule has 0 amide bonds. The summed E-state index contributed by atoms with van der Waals surface area (Å²) >= 11 is 1.62. The minimum Gasteiger partial charge on any atom is -0.396 e. The molecule has 0 heterocycles. The van der Waals surface area contributed by atoms with Gasteiger partial charge in [0.25, 0.3) is 0 Å². The van der Waals surface area contributed by atoms with Crippen LogP contribution in [0.5, 0.6) is 0 Å². The van der Waals surface area contributed by atoms with Gasteiger partial charge in [0, 0.05) is 30.5 Å². The zero-order valence-corrected chi connectivity index (χ0v) is 10.0. The first-order valence-corrected chi connectivity index (χ1v) is 6.73. The van der Waals surface area contributed by atoms with E-state index >= 15 is 0 Å². The van der Waals surface area contributed by atoms with Gasteiger partial charge in [-0.25, -0.2) is 0 Å². The van der Waals surface area contributed by atoms with E-state index < -0.39 is 0 Å². The summed E-state index contributed by atoms with van der Waals surface area (Å²) in [7, 11) is 0. The van der Waals surface area contributed by atoms with E-state index in [2.05, 4.69) is 0 Å². The number of thioether (sulfide) groups is 1. The van der Waals surface area contributed by atoms with E-state index in [9.17, 15) is 9.90 Å². The first-order chi connectivity index (χ1) is 7.19. The summed E-state index contributed by atoms with van der Waals surface area (Å²) in [5, 5.41) is 18.5. The van der Waals surface area contributed by atoms with Gasteiger partial charge in [-0.05, 0) is 18.8 Å². The summed E-state index contributed by atoms with van der Waals surface area (Å²) in [5.74, 6) is 1.90. The van der Waals surface area contributed by atoms with Crippen LogP contribution in [0.15, 0.2) is 0 Å². The highest BCUT2D eigenvalue weighted by Gasteiger charge is 2.33. The van der Waals surface area contributed by atoms with Crippen molar-refractivity contribution in [1.29, 1.82) is 0 Å².